The van der Waals surface area contributed by atoms with Crippen LogP contribution >= 0.6 is 11.3 Å². The lowest BCUT2D eigenvalue weighted by atomic mass is 10.3. The Kier molecular flexibility index (Phi) is 2.32. The quantitative estimate of drug-likeness (QED) is 0.812. The number of nitrogen functional groups attached to an aromatic ring is 1. The fourth-order valence-electron chi connectivity index (χ4n) is 1.07. The van der Waals surface area contributed by atoms with Gasteiger partial charge in [-0.25, -0.2) is 9.97 Å². The van der Waals surface area contributed by atoms with Gasteiger partial charge in [0.1, 0.15) is 0 Å². The highest BCUT2D eigenvalue weighted by atomic mass is 32.1. The van der Waals surface area contributed by atoms with Gasteiger partial charge < -0.3 is 10.3 Å². The van der Waals surface area contributed by atoms with E-state index in [1.54, 1.807) is 6.33 Å². The minimum atomic E-state index is 0.589. The molecule has 14 heavy (non-hydrogen) atoms. The molecule has 5 heteroatoms. The molecule has 0 unspecified atom stereocenters. The van der Waals surface area contributed by atoms with E-state index in [-0.39, 0.29) is 0 Å². The number of imidazole rings is 1. The first-order valence-corrected chi connectivity index (χ1v) is 4.99. The van der Waals surface area contributed by atoms with Gasteiger partial charge in [0, 0.05) is 18.6 Å². The average Bonchev–Trinajstić information content (AvgIpc) is 2.72. The fraction of sp³-hybridized carbons (Fsp3) is 0.111. The van der Waals surface area contributed by atoms with Gasteiger partial charge in [0.25, 0.3) is 0 Å². The number of hydrogen-bond acceptors (Lipinski definition) is 4. The molecule has 0 aromatic carbocycles. The first-order chi connectivity index (χ1) is 6.74. The van der Waals surface area contributed by atoms with Gasteiger partial charge in [0.15, 0.2) is 5.13 Å². The van der Waals surface area contributed by atoms with E-state index in [9.17, 15) is 0 Å². The zero-order chi connectivity index (χ0) is 9.97. The predicted molar refractivity (Wildman–Crippen MR) is 58.7 cm³/mol. The van der Waals surface area contributed by atoms with E-state index in [1.807, 2.05) is 35.3 Å². The molecule has 2 N–H and O–H groups in total. The lowest BCUT2D eigenvalue weighted by molar-refractivity contribution is 0.913. The maximum Gasteiger partial charge on any atom is 0.180 e. The van der Waals surface area contributed by atoms with Crippen molar-refractivity contribution < 1.29 is 0 Å². The van der Waals surface area contributed by atoms with Gasteiger partial charge in [-0.2, -0.15) is 0 Å². The summed E-state index contributed by atoms with van der Waals surface area (Å²) in [6.07, 6.45) is 7.50. The highest BCUT2D eigenvalue weighted by Gasteiger charge is 1.94. The number of aromatic nitrogens is 3. The van der Waals surface area contributed by atoms with Gasteiger partial charge >= 0.3 is 0 Å². The number of hydrogen-bond donors (Lipinski definition) is 1. The molecule has 0 radical (unpaired) electrons. The SMILES string of the molecule is Cn1cnc(/C=C/c2csc(N)n2)c1. The highest BCUT2D eigenvalue weighted by Crippen LogP contribution is 2.13. The summed E-state index contributed by atoms with van der Waals surface area (Å²) in [5.74, 6) is 0. The number of nitrogens with zero attached hydrogens (tertiary/aromatic N) is 3. The minimum Gasteiger partial charge on any atom is -0.375 e. The highest BCUT2D eigenvalue weighted by molar-refractivity contribution is 7.13. The van der Waals surface area contributed by atoms with E-state index in [0.29, 0.717) is 5.13 Å². The Balaban J connectivity index is 2.14. The third-order valence-electron chi connectivity index (χ3n) is 1.69. The van der Waals surface area contributed by atoms with Crippen LogP contribution in [0.1, 0.15) is 11.4 Å². The van der Waals surface area contributed by atoms with E-state index in [2.05, 4.69) is 9.97 Å². The van der Waals surface area contributed by atoms with Crippen LogP contribution in [0.4, 0.5) is 5.13 Å². The van der Waals surface area contributed by atoms with Crippen LogP contribution < -0.4 is 5.73 Å². The van der Waals surface area contributed by atoms with Gasteiger partial charge in [0.05, 0.1) is 17.7 Å². The van der Waals surface area contributed by atoms with Crippen molar-refractivity contribution in [1.82, 2.24) is 14.5 Å². The van der Waals surface area contributed by atoms with Crippen LogP contribution in [-0.4, -0.2) is 14.5 Å². The van der Waals surface area contributed by atoms with E-state index < -0.39 is 0 Å². The molecule has 72 valence electrons. The Labute approximate surface area is 85.7 Å². The van der Waals surface area contributed by atoms with E-state index >= 15 is 0 Å². The Morgan fingerprint density at radius 3 is 2.79 bits per heavy atom. The number of nitrogens with two attached hydrogens (primary N) is 1. The zero-order valence-electron chi connectivity index (χ0n) is 7.71. The molecule has 0 spiro atoms. The van der Waals surface area contributed by atoms with Crippen LogP contribution in [0.3, 0.4) is 0 Å². The summed E-state index contributed by atoms with van der Waals surface area (Å²) < 4.78 is 1.90. The Morgan fingerprint density at radius 2 is 2.21 bits per heavy atom. The maximum absolute atomic E-state index is 5.51. The Morgan fingerprint density at radius 1 is 1.43 bits per heavy atom. The Bertz CT molecular complexity index is 413. The number of thiazole rings is 1. The smallest absolute Gasteiger partial charge is 0.180 e. The molecule has 2 heterocycles. The summed E-state index contributed by atoms with van der Waals surface area (Å²) in [7, 11) is 1.94. The first kappa shape index (κ1) is 8.96. The number of rotatable bonds is 2. The molecule has 2 rings (SSSR count). The molecule has 0 amide bonds. The average molecular weight is 206 g/mol. The van der Waals surface area contributed by atoms with Crippen LogP contribution in [0, 0.1) is 0 Å². The number of aryl methyl sites for hydroxylation is 1. The largest absolute Gasteiger partial charge is 0.375 e. The van der Waals surface area contributed by atoms with Crippen molar-refractivity contribution in [2.75, 3.05) is 5.73 Å². The van der Waals surface area contributed by atoms with Crippen molar-refractivity contribution in [2.45, 2.75) is 0 Å². The normalized spacial score (nSPS) is 11.2. The fourth-order valence-corrected chi connectivity index (χ4v) is 1.60. The molecule has 2 aromatic heterocycles. The summed E-state index contributed by atoms with van der Waals surface area (Å²) in [5.41, 5.74) is 7.29. The Hall–Kier alpha value is -1.62. The summed E-state index contributed by atoms with van der Waals surface area (Å²) in [6, 6.07) is 0. The lowest BCUT2D eigenvalue weighted by Gasteiger charge is -1.83. The van der Waals surface area contributed by atoms with Crippen molar-refractivity contribution in [3.8, 4) is 0 Å². The summed E-state index contributed by atoms with van der Waals surface area (Å²) >= 11 is 1.43. The third-order valence-corrected chi connectivity index (χ3v) is 2.38. The van der Waals surface area contributed by atoms with Gasteiger partial charge in [-0.3, -0.25) is 0 Å². The van der Waals surface area contributed by atoms with Gasteiger partial charge in [-0.15, -0.1) is 11.3 Å². The topological polar surface area (TPSA) is 56.7 Å². The van der Waals surface area contributed by atoms with Gasteiger partial charge in [-0.05, 0) is 12.2 Å². The van der Waals surface area contributed by atoms with Crippen molar-refractivity contribution in [3.05, 3.63) is 29.3 Å². The summed E-state index contributed by atoms with van der Waals surface area (Å²) in [6.45, 7) is 0. The molecule has 0 aliphatic heterocycles. The van der Waals surface area contributed by atoms with E-state index in [1.165, 1.54) is 11.3 Å². The van der Waals surface area contributed by atoms with Gasteiger partial charge in [0.2, 0.25) is 0 Å². The summed E-state index contributed by atoms with van der Waals surface area (Å²) in [5, 5.41) is 2.50. The van der Waals surface area contributed by atoms with Crippen molar-refractivity contribution in [2.24, 2.45) is 7.05 Å². The predicted octanol–water partition coefficient (Wildman–Crippen LogP) is 1.63. The van der Waals surface area contributed by atoms with E-state index in [0.717, 1.165) is 11.4 Å². The van der Waals surface area contributed by atoms with Crippen molar-refractivity contribution >= 4 is 28.6 Å². The second-order valence-corrected chi connectivity index (χ2v) is 3.80. The van der Waals surface area contributed by atoms with Crippen LogP contribution in [0.5, 0.6) is 0 Å². The molecule has 0 bridgehead atoms. The van der Waals surface area contributed by atoms with Crippen molar-refractivity contribution in [1.29, 1.82) is 0 Å². The molecular formula is C9H10N4S. The molecule has 2 aromatic rings. The first-order valence-electron chi connectivity index (χ1n) is 4.11. The molecule has 0 fully saturated rings. The number of anilines is 1. The molecule has 4 nitrogen and oxygen atoms in total. The summed E-state index contributed by atoms with van der Waals surface area (Å²) in [4.78, 5) is 8.27. The van der Waals surface area contributed by atoms with Crippen LogP contribution in [0.15, 0.2) is 17.9 Å². The molecule has 0 aliphatic rings. The molecule has 0 aliphatic carbocycles. The molecular weight excluding hydrogens is 196 g/mol. The third kappa shape index (κ3) is 2.00. The zero-order valence-corrected chi connectivity index (χ0v) is 8.53. The standard InChI is InChI=1S/C9H10N4S/c1-13-4-7(11-6-13)2-3-8-5-14-9(10)12-8/h2-6H,1H3,(H2,10,12)/b3-2+. The van der Waals surface area contributed by atoms with E-state index in [4.69, 9.17) is 5.73 Å². The lowest BCUT2D eigenvalue weighted by Crippen LogP contribution is -1.81. The molecule has 0 saturated heterocycles. The van der Waals surface area contributed by atoms with Crippen molar-refractivity contribution in [3.63, 3.8) is 0 Å². The minimum absolute atomic E-state index is 0.589. The maximum atomic E-state index is 5.51. The monoisotopic (exact) mass is 206 g/mol. The second-order valence-electron chi connectivity index (χ2n) is 2.91. The van der Waals surface area contributed by atoms with Crippen LogP contribution in [-0.2, 0) is 7.05 Å². The van der Waals surface area contributed by atoms with Crippen LogP contribution in [0.25, 0.3) is 12.2 Å². The molecule has 0 atom stereocenters. The van der Waals surface area contributed by atoms with Crippen LogP contribution in [0.2, 0.25) is 0 Å². The second kappa shape index (κ2) is 3.63. The molecule has 0 saturated carbocycles. The van der Waals surface area contributed by atoms with Gasteiger partial charge in [-0.1, -0.05) is 0 Å².